The third-order valence-corrected chi connectivity index (χ3v) is 6.85. The summed E-state index contributed by atoms with van der Waals surface area (Å²) in [6.07, 6.45) is 8.23. The lowest BCUT2D eigenvalue weighted by Gasteiger charge is -2.35. The number of fused-ring (bicyclic) bond motifs is 1. The average Bonchev–Trinajstić information content (AvgIpc) is 2.79. The molecule has 6 nitrogen and oxygen atoms in total. The average molecular weight is 429 g/mol. The van der Waals surface area contributed by atoms with E-state index in [2.05, 4.69) is 37.5 Å². The molecular formula is C25H40N4O2. The first-order valence-electron chi connectivity index (χ1n) is 12.2. The van der Waals surface area contributed by atoms with Crippen molar-refractivity contribution < 1.29 is 9.90 Å². The van der Waals surface area contributed by atoms with Gasteiger partial charge in [-0.25, -0.2) is 4.99 Å². The molecule has 0 atom stereocenters. The lowest BCUT2D eigenvalue weighted by Crippen LogP contribution is -2.50. The Hall–Kier alpha value is -2.24. The molecule has 1 aromatic carbocycles. The summed E-state index contributed by atoms with van der Waals surface area (Å²) < 4.78 is 0. The molecular weight excluding hydrogens is 388 g/mol. The van der Waals surface area contributed by atoms with Crippen molar-refractivity contribution in [2.75, 3.05) is 19.6 Å². The summed E-state index contributed by atoms with van der Waals surface area (Å²) in [5, 5.41) is 17.4. The Labute approximate surface area is 187 Å². The van der Waals surface area contributed by atoms with Gasteiger partial charge in [-0.1, -0.05) is 19.9 Å². The largest absolute Gasteiger partial charge is 0.508 e. The van der Waals surface area contributed by atoms with Crippen LogP contribution in [0, 0.1) is 5.92 Å². The van der Waals surface area contributed by atoms with Crippen LogP contribution in [0.25, 0.3) is 0 Å². The lowest BCUT2D eigenvalue weighted by atomic mass is 9.88. The van der Waals surface area contributed by atoms with Crippen molar-refractivity contribution in [1.29, 1.82) is 0 Å². The first-order valence-corrected chi connectivity index (χ1v) is 12.2. The van der Waals surface area contributed by atoms with Crippen LogP contribution in [0.3, 0.4) is 0 Å². The van der Waals surface area contributed by atoms with Crippen molar-refractivity contribution in [3.8, 4) is 5.75 Å². The van der Waals surface area contributed by atoms with Crippen LogP contribution in [-0.4, -0.2) is 47.5 Å². The smallest absolute Gasteiger partial charge is 0.225 e. The standard InChI is InChI=1S/C25H40N4O2/c1-4-18(5-2)24(31)29-15-13-20(14-16-29)28-25(26-6-3)27-17-22-21-10-8-7-9-19(21)11-12-23(22)30/h11-12,18,20,30H,4-10,13-17H2,1-3H3,(H2,26,27,28). The van der Waals surface area contributed by atoms with Gasteiger partial charge in [-0.2, -0.15) is 0 Å². The Morgan fingerprint density at radius 1 is 1.16 bits per heavy atom. The molecule has 0 radical (unpaired) electrons. The number of hydrogen-bond acceptors (Lipinski definition) is 3. The van der Waals surface area contributed by atoms with Crippen LogP contribution in [-0.2, 0) is 24.2 Å². The van der Waals surface area contributed by atoms with Crippen molar-refractivity contribution in [3.05, 3.63) is 28.8 Å². The molecule has 3 N–H and O–H groups in total. The number of carbonyl (C=O) groups is 1. The predicted octanol–water partition coefficient (Wildman–Crippen LogP) is 3.75. The number of amides is 1. The van der Waals surface area contributed by atoms with E-state index in [1.807, 2.05) is 11.0 Å². The van der Waals surface area contributed by atoms with E-state index in [1.54, 1.807) is 0 Å². The van der Waals surface area contributed by atoms with E-state index < -0.39 is 0 Å². The molecule has 1 amide bonds. The molecule has 1 saturated heterocycles. The van der Waals surface area contributed by atoms with E-state index in [9.17, 15) is 9.90 Å². The highest BCUT2D eigenvalue weighted by atomic mass is 16.3. The molecule has 6 heteroatoms. The Balaban J connectivity index is 1.61. The minimum Gasteiger partial charge on any atom is -0.508 e. The fourth-order valence-corrected chi connectivity index (χ4v) is 4.88. The van der Waals surface area contributed by atoms with Gasteiger partial charge in [0.15, 0.2) is 5.96 Å². The summed E-state index contributed by atoms with van der Waals surface area (Å²) in [5.41, 5.74) is 3.63. The molecule has 1 aliphatic carbocycles. The highest BCUT2D eigenvalue weighted by Crippen LogP contribution is 2.31. The third kappa shape index (κ3) is 5.92. The van der Waals surface area contributed by atoms with Crippen molar-refractivity contribution in [3.63, 3.8) is 0 Å². The number of phenolic OH excluding ortho intramolecular Hbond substituents is 1. The Morgan fingerprint density at radius 2 is 1.87 bits per heavy atom. The molecule has 1 fully saturated rings. The maximum absolute atomic E-state index is 12.6. The van der Waals surface area contributed by atoms with Gasteiger partial charge in [0.25, 0.3) is 0 Å². The number of carbonyl (C=O) groups excluding carboxylic acids is 1. The van der Waals surface area contributed by atoms with Gasteiger partial charge in [0.05, 0.1) is 6.54 Å². The van der Waals surface area contributed by atoms with Crippen molar-refractivity contribution >= 4 is 11.9 Å². The predicted molar refractivity (Wildman–Crippen MR) is 126 cm³/mol. The quantitative estimate of drug-likeness (QED) is 0.457. The highest BCUT2D eigenvalue weighted by molar-refractivity contribution is 5.80. The molecule has 1 aliphatic heterocycles. The topological polar surface area (TPSA) is 77.0 Å². The first-order chi connectivity index (χ1) is 15.1. The van der Waals surface area contributed by atoms with Crippen LogP contribution in [0.4, 0.5) is 0 Å². The number of aliphatic imine (C=N–C) groups is 1. The number of hydrogen-bond donors (Lipinski definition) is 3. The summed E-state index contributed by atoms with van der Waals surface area (Å²) in [7, 11) is 0. The van der Waals surface area contributed by atoms with E-state index >= 15 is 0 Å². The van der Waals surface area contributed by atoms with Crippen LogP contribution in [0.15, 0.2) is 17.1 Å². The second-order valence-electron chi connectivity index (χ2n) is 8.86. The number of piperidine rings is 1. The van der Waals surface area contributed by atoms with E-state index in [0.29, 0.717) is 24.2 Å². The molecule has 0 saturated carbocycles. The van der Waals surface area contributed by atoms with Gasteiger partial charge in [0, 0.05) is 37.2 Å². The number of aryl methyl sites for hydroxylation is 1. The summed E-state index contributed by atoms with van der Waals surface area (Å²) in [5.74, 6) is 1.62. The van der Waals surface area contributed by atoms with Crippen LogP contribution >= 0.6 is 0 Å². The molecule has 3 rings (SSSR count). The van der Waals surface area contributed by atoms with Crippen LogP contribution in [0.5, 0.6) is 5.75 Å². The first kappa shape index (κ1) is 23.4. The maximum atomic E-state index is 12.6. The molecule has 31 heavy (non-hydrogen) atoms. The van der Waals surface area contributed by atoms with Crippen molar-refractivity contribution in [2.24, 2.45) is 10.9 Å². The van der Waals surface area contributed by atoms with E-state index in [4.69, 9.17) is 4.99 Å². The number of guanidine groups is 1. The minimum absolute atomic E-state index is 0.160. The molecule has 1 heterocycles. The molecule has 0 spiro atoms. The molecule has 172 valence electrons. The summed E-state index contributed by atoms with van der Waals surface area (Å²) >= 11 is 0. The van der Waals surface area contributed by atoms with Crippen molar-refractivity contribution in [1.82, 2.24) is 15.5 Å². The SMILES string of the molecule is CCNC(=NCc1c(O)ccc2c1CCCC2)NC1CCN(C(=O)C(CC)CC)CC1. The second kappa shape index (κ2) is 11.4. The summed E-state index contributed by atoms with van der Waals surface area (Å²) in [6.45, 7) is 9.14. The maximum Gasteiger partial charge on any atom is 0.225 e. The van der Waals surface area contributed by atoms with Crippen LogP contribution in [0.1, 0.15) is 76.0 Å². The number of phenols is 1. The normalized spacial score (nSPS) is 17.5. The third-order valence-electron chi connectivity index (χ3n) is 6.85. The number of nitrogens with zero attached hydrogens (tertiary/aromatic N) is 2. The van der Waals surface area contributed by atoms with Gasteiger partial charge < -0.3 is 20.6 Å². The number of rotatable bonds is 7. The van der Waals surface area contributed by atoms with Gasteiger partial charge in [-0.3, -0.25) is 4.79 Å². The zero-order chi connectivity index (χ0) is 22.2. The zero-order valence-electron chi connectivity index (χ0n) is 19.5. The van der Waals surface area contributed by atoms with Gasteiger partial charge >= 0.3 is 0 Å². The Morgan fingerprint density at radius 3 is 2.55 bits per heavy atom. The van der Waals surface area contributed by atoms with Crippen LogP contribution in [0.2, 0.25) is 0 Å². The van der Waals surface area contributed by atoms with Gasteiger partial charge in [0.1, 0.15) is 5.75 Å². The minimum atomic E-state index is 0.160. The molecule has 0 bridgehead atoms. The van der Waals surface area contributed by atoms with E-state index in [0.717, 1.165) is 69.7 Å². The van der Waals surface area contributed by atoms with Crippen molar-refractivity contribution in [2.45, 2.75) is 84.7 Å². The molecule has 0 unspecified atom stereocenters. The number of nitrogens with one attached hydrogen (secondary N) is 2. The monoisotopic (exact) mass is 428 g/mol. The van der Waals surface area contributed by atoms with E-state index in [1.165, 1.54) is 24.0 Å². The van der Waals surface area contributed by atoms with Gasteiger partial charge in [0.2, 0.25) is 5.91 Å². The van der Waals surface area contributed by atoms with E-state index in [-0.39, 0.29) is 5.92 Å². The van der Waals surface area contributed by atoms with Crippen LogP contribution < -0.4 is 10.6 Å². The Kier molecular flexibility index (Phi) is 8.61. The number of benzene rings is 1. The number of likely N-dealkylation sites (tertiary alicyclic amines) is 1. The van der Waals surface area contributed by atoms with Gasteiger partial charge in [-0.15, -0.1) is 0 Å². The second-order valence-corrected chi connectivity index (χ2v) is 8.86. The molecule has 1 aromatic rings. The van der Waals surface area contributed by atoms with Gasteiger partial charge in [-0.05, 0) is 75.5 Å². The Bertz CT molecular complexity index is 765. The fraction of sp³-hybridized carbons (Fsp3) is 0.680. The zero-order valence-corrected chi connectivity index (χ0v) is 19.5. The summed E-state index contributed by atoms with van der Waals surface area (Å²) in [4.78, 5) is 19.5. The number of aromatic hydroxyl groups is 1. The lowest BCUT2D eigenvalue weighted by molar-refractivity contribution is -0.136. The summed E-state index contributed by atoms with van der Waals surface area (Å²) in [6, 6.07) is 4.20. The fourth-order valence-electron chi connectivity index (χ4n) is 4.88. The molecule has 0 aromatic heterocycles. The highest BCUT2D eigenvalue weighted by Gasteiger charge is 2.27. The molecule has 2 aliphatic rings.